The van der Waals surface area contributed by atoms with E-state index in [1.54, 1.807) is 0 Å². The monoisotopic (exact) mass is 336 g/mol. The molecule has 92 valence electrons. The van der Waals surface area contributed by atoms with Gasteiger partial charge in [-0.15, -0.1) is 0 Å². The van der Waals surface area contributed by atoms with Gasteiger partial charge in [0.25, 0.3) is 0 Å². The number of nitrogens with zero attached hydrogens (tertiary/aromatic N) is 2. The minimum absolute atomic E-state index is 0.536. The summed E-state index contributed by atoms with van der Waals surface area (Å²) < 4.78 is 5.35. The van der Waals surface area contributed by atoms with Crippen molar-refractivity contribution < 1.29 is 3.07 Å². The Morgan fingerprint density at radius 2 is 1.94 bits per heavy atom. The van der Waals surface area contributed by atoms with Gasteiger partial charge in [-0.3, -0.25) is 4.90 Å². The molecule has 1 aliphatic carbocycles. The highest BCUT2D eigenvalue weighted by Crippen LogP contribution is 2.42. The lowest BCUT2D eigenvalue weighted by Crippen LogP contribution is -2.47. The van der Waals surface area contributed by atoms with E-state index in [-0.39, 0.29) is 0 Å². The van der Waals surface area contributed by atoms with Crippen molar-refractivity contribution in [3.05, 3.63) is 0 Å². The Balaban J connectivity index is 1.54. The van der Waals surface area contributed by atoms with Crippen molar-refractivity contribution in [2.45, 2.75) is 37.8 Å². The summed E-state index contributed by atoms with van der Waals surface area (Å²) in [6.45, 7) is 5.29. The molecule has 2 heterocycles. The van der Waals surface area contributed by atoms with Crippen LogP contribution >= 0.6 is 23.0 Å². The largest absolute Gasteiger partial charge is 0.312 e. The maximum atomic E-state index is 5.35. The van der Waals surface area contributed by atoms with Crippen LogP contribution in [0.25, 0.3) is 0 Å². The molecule has 0 bridgehead atoms. The van der Waals surface area contributed by atoms with E-state index in [4.69, 9.17) is 3.07 Å². The molecule has 3 aliphatic rings. The minimum atomic E-state index is 0.536. The molecule has 16 heavy (non-hydrogen) atoms. The first-order chi connectivity index (χ1) is 7.71. The fourth-order valence-corrected chi connectivity index (χ4v) is 4.10. The fraction of sp³-hybridized carbons (Fsp3) is 1.00. The van der Waals surface area contributed by atoms with Gasteiger partial charge in [0.2, 0.25) is 0 Å². The summed E-state index contributed by atoms with van der Waals surface area (Å²) in [5.41, 5.74) is 0.644. The highest BCUT2D eigenvalue weighted by Gasteiger charge is 2.46. The molecule has 1 spiro atoms. The maximum absolute atomic E-state index is 5.35. The van der Waals surface area contributed by atoms with Crippen molar-refractivity contribution in [3.8, 4) is 0 Å². The minimum Gasteiger partial charge on any atom is -0.312 e. The van der Waals surface area contributed by atoms with Gasteiger partial charge in [-0.2, -0.15) is 0 Å². The summed E-state index contributed by atoms with van der Waals surface area (Å²) in [5.74, 6) is 0. The first-order valence-electron chi connectivity index (χ1n) is 6.41. The zero-order valence-electron chi connectivity index (χ0n) is 9.99. The Kier molecular flexibility index (Phi) is 3.19. The highest BCUT2D eigenvalue weighted by molar-refractivity contribution is 14.1. The predicted molar refractivity (Wildman–Crippen MR) is 72.7 cm³/mol. The van der Waals surface area contributed by atoms with Crippen LogP contribution in [0, 0.1) is 5.41 Å². The molecule has 3 rings (SSSR count). The van der Waals surface area contributed by atoms with Crippen LogP contribution in [0.2, 0.25) is 0 Å². The van der Waals surface area contributed by atoms with Gasteiger partial charge in [0.05, 0.1) is 6.10 Å². The number of rotatable bonds is 2. The standard InChI is InChI=1S/C12H21IN2O/c1-14-4-2-12(8-14)3-5-15(9-12)10-6-11(7-10)16-13/h10-11H,2-9H2,1H3. The second-order valence-electron chi connectivity index (χ2n) is 6.04. The van der Waals surface area contributed by atoms with E-state index in [1.807, 2.05) is 23.0 Å². The molecular formula is C12H21IN2O. The van der Waals surface area contributed by atoms with Gasteiger partial charge in [-0.25, -0.2) is 0 Å². The Morgan fingerprint density at radius 1 is 1.19 bits per heavy atom. The lowest BCUT2D eigenvalue weighted by Gasteiger charge is -2.40. The van der Waals surface area contributed by atoms with Crippen LogP contribution in [0.5, 0.6) is 0 Å². The Labute approximate surface area is 112 Å². The topological polar surface area (TPSA) is 15.7 Å². The Morgan fingerprint density at radius 3 is 2.56 bits per heavy atom. The maximum Gasteiger partial charge on any atom is 0.110 e. The van der Waals surface area contributed by atoms with Gasteiger partial charge in [0.15, 0.2) is 0 Å². The van der Waals surface area contributed by atoms with Crippen LogP contribution in [-0.2, 0) is 3.07 Å². The van der Waals surface area contributed by atoms with Crippen LogP contribution in [0.4, 0.5) is 0 Å². The van der Waals surface area contributed by atoms with Gasteiger partial charge in [-0.05, 0) is 51.2 Å². The molecular weight excluding hydrogens is 315 g/mol. The van der Waals surface area contributed by atoms with E-state index in [9.17, 15) is 0 Å². The molecule has 1 saturated carbocycles. The van der Waals surface area contributed by atoms with E-state index in [1.165, 1.54) is 51.9 Å². The SMILES string of the molecule is CN1CCC2(CCN(C3CC(OI)C3)C2)C1. The molecule has 0 radical (unpaired) electrons. The summed E-state index contributed by atoms with van der Waals surface area (Å²) in [7, 11) is 2.26. The third-order valence-corrected chi connectivity index (χ3v) is 5.53. The summed E-state index contributed by atoms with van der Waals surface area (Å²) in [5, 5.41) is 0. The van der Waals surface area contributed by atoms with Gasteiger partial charge < -0.3 is 7.97 Å². The van der Waals surface area contributed by atoms with Crippen molar-refractivity contribution in [2.24, 2.45) is 5.41 Å². The first kappa shape index (κ1) is 11.7. The number of halogens is 1. The molecule has 1 atom stereocenters. The molecule has 0 aromatic rings. The zero-order chi connectivity index (χ0) is 11.2. The number of likely N-dealkylation sites (tertiary alicyclic amines) is 2. The first-order valence-corrected chi connectivity index (χ1v) is 7.29. The van der Waals surface area contributed by atoms with Crippen molar-refractivity contribution in [1.29, 1.82) is 0 Å². The molecule has 4 heteroatoms. The van der Waals surface area contributed by atoms with Gasteiger partial charge in [0.1, 0.15) is 23.0 Å². The van der Waals surface area contributed by atoms with Crippen molar-refractivity contribution in [3.63, 3.8) is 0 Å². The molecule has 0 amide bonds. The molecule has 1 unspecified atom stereocenters. The summed E-state index contributed by atoms with van der Waals surface area (Å²) >= 11 is 2.05. The third kappa shape index (κ3) is 2.02. The van der Waals surface area contributed by atoms with Gasteiger partial charge in [-0.1, -0.05) is 0 Å². The second kappa shape index (κ2) is 4.37. The Hall–Kier alpha value is 0.610. The average Bonchev–Trinajstić information content (AvgIpc) is 2.74. The molecule has 0 N–H and O–H groups in total. The summed E-state index contributed by atoms with van der Waals surface area (Å²) in [4.78, 5) is 5.23. The molecule has 3 nitrogen and oxygen atoms in total. The van der Waals surface area contributed by atoms with E-state index >= 15 is 0 Å². The lowest BCUT2D eigenvalue weighted by molar-refractivity contribution is 0.0481. The smallest absolute Gasteiger partial charge is 0.110 e. The molecule has 3 fully saturated rings. The summed E-state index contributed by atoms with van der Waals surface area (Å²) in [6.07, 6.45) is 5.89. The van der Waals surface area contributed by atoms with Crippen molar-refractivity contribution >= 4 is 23.0 Å². The normalized spacial score (nSPS) is 45.4. The molecule has 0 aromatic carbocycles. The van der Waals surface area contributed by atoms with E-state index in [2.05, 4.69) is 16.8 Å². The van der Waals surface area contributed by atoms with Crippen molar-refractivity contribution in [2.75, 3.05) is 33.2 Å². The molecule has 0 aromatic heterocycles. The predicted octanol–water partition coefficient (Wildman–Crippen LogP) is 1.91. The van der Waals surface area contributed by atoms with Crippen molar-refractivity contribution in [1.82, 2.24) is 9.80 Å². The van der Waals surface area contributed by atoms with Gasteiger partial charge >= 0.3 is 0 Å². The van der Waals surface area contributed by atoms with E-state index in [0.717, 1.165) is 6.04 Å². The number of hydrogen-bond acceptors (Lipinski definition) is 3. The zero-order valence-corrected chi connectivity index (χ0v) is 12.1. The van der Waals surface area contributed by atoms with Crippen LogP contribution in [0.3, 0.4) is 0 Å². The van der Waals surface area contributed by atoms with E-state index in [0.29, 0.717) is 11.5 Å². The highest BCUT2D eigenvalue weighted by atomic mass is 127. The molecule has 2 aliphatic heterocycles. The quantitative estimate of drug-likeness (QED) is 0.717. The fourth-order valence-electron chi connectivity index (χ4n) is 3.68. The number of hydrogen-bond donors (Lipinski definition) is 0. The van der Waals surface area contributed by atoms with Crippen LogP contribution in [0.15, 0.2) is 0 Å². The van der Waals surface area contributed by atoms with Gasteiger partial charge in [0, 0.05) is 19.1 Å². The van der Waals surface area contributed by atoms with E-state index < -0.39 is 0 Å². The van der Waals surface area contributed by atoms with Crippen LogP contribution in [-0.4, -0.2) is 55.2 Å². The summed E-state index contributed by atoms with van der Waals surface area (Å²) in [6, 6.07) is 0.824. The van der Waals surface area contributed by atoms with Crippen LogP contribution in [0.1, 0.15) is 25.7 Å². The lowest BCUT2D eigenvalue weighted by atomic mass is 9.85. The molecule has 2 saturated heterocycles. The third-order valence-electron chi connectivity index (χ3n) is 4.81. The van der Waals surface area contributed by atoms with Crippen LogP contribution < -0.4 is 0 Å². The second-order valence-corrected chi connectivity index (χ2v) is 6.55. The Bertz CT molecular complexity index is 270. The average molecular weight is 336 g/mol.